The molecule has 0 radical (unpaired) electrons. The van der Waals surface area contributed by atoms with Crippen LogP contribution in [-0.2, 0) is 11.3 Å². The molecule has 3 nitrogen and oxygen atoms in total. The van der Waals surface area contributed by atoms with Crippen molar-refractivity contribution in [3.8, 4) is 11.5 Å². The van der Waals surface area contributed by atoms with Gasteiger partial charge in [-0.1, -0.05) is 25.0 Å². The number of nitrogens with one attached hydrogen (secondary N) is 1. The number of hydrogen-bond donors (Lipinski definition) is 1. The zero-order valence-electron chi connectivity index (χ0n) is 12.9. The summed E-state index contributed by atoms with van der Waals surface area (Å²) in [5.74, 6) is 1.34. The van der Waals surface area contributed by atoms with E-state index >= 15 is 0 Å². The van der Waals surface area contributed by atoms with Gasteiger partial charge in [0.1, 0.15) is 17.3 Å². The van der Waals surface area contributed by atoms with Gasteiger partial charge < -0.3 is 10.1 Å². The Kier molecular flexibility index (Phi) is 4.91. The van der Waals surface area contributed by atoms with Crippen molar-refractivity contribution in [1.29, 1.82) is 0 Å². The SMILES string of the molecule is O=C(NCc1ccc(Oc2ccc(F)cc2)cc1)C1CCCC1. The molecule has 0 bridgehead atoms. The lowest BCUT2D eigenvalue weighted by Gasteiger charge is -2.11. The van der Waals surface area contributed by atoms with Gasteiger partial charge in [-0.05, 0) is 54.8 Å². The van der Waals surface area contributed by atoms with Gasteiger partial charge in [0.05, 0.1) is 0 Å². The van der Waals surface area contributed by atoms with E-state index in [1.165, 1.54) is 12.1 Å². The first-order valence-electron chi connectivity index (χ1n) is 8.01. The van der Waals surface area contributed by atoms with Gasteiger partial charge in [0, 0.05) is 12.5 Å². The molecule has 0 atom stereocenters. The van der Waals surface area contributed by atoms with Crippen LogP contribution in [0.2, 0.25) is 0 Å². The van der Waals surface area contributed by atoms with Crippen LogP contribution in [0.3, 0.4) is 0 Å². The minimum Gasteiger partial charge on any atom is -0.457 e. The number of carbonyl (C=O) groups excluding carboxylic acids is 1. The predicted octanol–water partition coefficient (Wildman–Crippen LogP) is 4.42. The van der Waals surface area contributed by atoms with Gasteiger partial charge in [-0.2, -0.15) is 0 Å². The molecule has 1 aliphatic rings. The van der Waals surface area contributed by atoms with Gasteiger partial charge in [-0.25, -0.2) is 4.39 Å². The monoisotopic (exact) mass is 313 g/mol. The average Bonchev–Trinajstić information content (AvgIpc) is 3.11. The van der Waals surface area contributed by atoms with E-state index in [-0.39, 0.29) is 17.6 Å². The maximum atomic E-state index is 12.9. The smallest absolute Gasteiger partial charge is 0.223 e. The molecule has 0 unspecified atom stereocenters. The summed E-state index contributed by atoms with van der Waals surface area (Å²) in [4.78, 5) is 12.0. The molecule has 120 valence electrons. The summed E-state index contributed by atoms with van der Waals surface area (Å²) in [5, 5.41) is 2.99. The van der Waals surface area contributed by atoms with Crippen molar-refractivity contribution in [3.05, 3.63) is 59.9 Å². The molecule has 2 aromatic rings. The Morgan fingerprint density at radius 3 is 2.17 bits per heavy atom. The van der Waals surface area contributed by atoms with E-state index in [0.29, 0.717) is 18.0 Å². The second-order valence-electron chi connectivity index (χ2n) is 5.90. The van der Waals surface area contributed by atoms with Gasteiger partial charge in [0.2, 0.25) is 5.91 Å². The predicted molar refractivity (Wildman–Crippen MR) is 86.7 cm³/mol. The van der Waals surface area contributed by atoms with E-state index in [4.69, 9.17) is 4.74 Å². The van der Waals surface area contributed by atoms with Crippen molar-refractivity contribution in [2.24, 2.45) is 5.92 Å². The molecule has 2 aromatic carbocycles. The van der Waals surface area contributed by atoms with Gasteiger partial charge in [-0.15, -0.1) is 0 Å². The summed E-state index contributed by atoms with van der Waals surface area (Å²) in [6, 6.07) is 13.4. The highest BCUT2D eigenvalue weighted by molar-refractivity contribution is 5.78. The maximum absolute atomic E-state index is 12.9. The highest BCUT2D eigenvalue weighted by Crippen LogP contribution is 2.25. The quantitative estimate of drug-likeness (QED) is 0.887. The second-order valence-corrected chi connectivity index (χ2v) is 5.90. The molecular formula is C19H20FNO2. The van der Waals surface area contributed by atoms with E-state index in [0.717, 1.165) is 31.2 Å². The molecule has 0 aliphatic heterocycles. The van der Waals surface area contributed by atoms with Gasteiger partial charge in [0.25, 0.3) is 0 Å². The topological polar surface area (TPSA) is 38.3 Å². The summed E-state index contributed by atoms with van der Waals surface area (Å²) in [5.41, 5.74) is 1.03. The number of rotatable bonds is 5. The zero-order chi connectivity index (χ0) is 16.1. The number of benzene rings is 2. The summed E-state index contributed by atoms with van der Waals surface area (Å²) in [7, 11) is 0. The second kappa shape index (κ2) is 7.27. The first-order valence-corrected chi connectivity index (χ1v) is 8.01. The highest BCUT2D eigenvalue weighted by Gasteiger charge is 2.21. The Hall–Kier alpha value is -2.36. The van der Waals surface area contributed by atoms with E-state index in [1.807, 2.05) is 24.3 Å². The number of amides is 1. The minimum absolute atomic E-state index is 0.161. The summed E-state index contributed by atoms with van der Waals surface area (Å²) in [6.07, 6.45) is 4.34. The molecule has 3 rings (SSSR count). The standard InChI is InChI=1S/C19H20FNO2/c20-16-7-11-18(12-8-16)23-17-9-5-14(6-10-17)13-21-19(22)15-3-1-2-4-15/h5-12,15H,1-4,13H2,(H,21,22). The zero-order valence-corrected chi connectivity index (χ0v) is 12.9. The van der Waals surface area contributed by atoms with Crippen molar-refractivity contribution >= 4 is 5.91 Å². The first kappa shape index (κ1) is 15.5. The Morgan fingerprint density at radius 2 is 1.57 bits per heavy atom. The van der Waals surface area contributed by atoms with Crippen molar-refractivity contribution in [2.45, 2.75) is 32.2 Å². The fourth-order valence-corrected chi connectivity index (χ4v) is 2.84. The van der Waals surface area contributed by atoms with Crippen LogP contribution in [0, 0.1) is 11.7 Å². The third kappa shape index (κ3) is 4.31. The van der Waals surface area contributed by atoms with Crippen LogP contribution >= 0.6 is 0 Å². The average molecular weight is 313 g/mol. The molecule has 23 heavy (non-hydrogen) atoms. The fraction of sp³-hybridized carbons (Fsp3) is 0.316. The van der Waals surface area contributed by atoms with Gasteiger partial charge in [0.15, 0.2) is 0 Å². The highest BCUT2D eigenvalue weighted by atomic mass is 19.1. The lowest BCUT2D eigenvalue weighted by Crippen LogP contribution is -2.28. The van der Waals surface area contributed by atoms with Crippen molar-refractivity contribution in [1.82, 2.24) is 5.32 Å². The van der Waals surface area contributed by atoms with Crippen molar-refractivity contribution in [2.75, 3.05) is 0 Å². The first-order chi connectivity index (χ1) is 11.2. The molecular weight excluding hydrogens is 293 g/mol. The van der Waals surface area contributed by atoms with Crippen LogP contribution in [0.25, 0.3) is 0 Å². The van der Waals surface area contributed by atoms with Crippen LogP contribution in [-0.4, -0.2) is 5.91 Å². The molecule has 1 saturated carbocycles. The van der Waals surface area contributed by atoms with Gasteiger partial charge >= 0.3 is 0 Å². The molecule has 1 aliphatic carbocycles. The van der Waals surface area contributed by atoms with E-state index in [1.54, 1.807) is 12.1 Å². The fourth-order valence-electron chi connectivity index (χ4n) is 2.84. The minimum atomic E-state index is -0.286. The van der Waals surface area contributed by atoms with Crippen LogP contribution in [0.5, 0.6) is 11.5 Å². The van der Waals surface area contributed by atoms with Crippen LogP contribution in [0.1, 0.15) is 31.2 Å². The summed E-state index contributed by atoms with van der Waals surface area (Å²) < 4.78 is 18.5. The number of hydrogen-bond acceptors (Lipinski definition) is 2. The molecule has 0 aromatic heterocycles. The summed E-state index contributed by atoms with van der Waals surface area (Å²) in [6.45, 7) is 0.534. The molecule has 4 heteroatoms. The van der Waals surface area contributed by atoms with Crippen LogP contribution in [0.4, 0.5) is 4.39 Å². The Labute approximate surface area is 135 Å². The van der Waals surface area contributed by atoms with E-state index in [9.17, 15) is 9.18 Å². The Balaban J connectivity index is 1.52. The molecule has 0 spiro atoms. The van der Waals surface area contributed by atoms with E-state index in [2.05, 4.69) is 5.32 Å². The van der Waals surface area contributed by atoms with Crippen LogP contribution < -0.4 is 10.1 Å². The Bertz CT molecular complexity index is 646. The van der Waals surface area contributed by atoms with E-state index < -0.39 is 0 Å². The Morgan fingerprint density at radius 1 is 1.00 bits per heavy atom. The molecule has 1 amide bonds. The largest absolute Gasteiger partial charge is 0.457 e. The lowest BCUT2D eigenvalue weighted by molar-refractivity contribution is -0.124. The third-order valence-electron chi connectivity index (χ3n) is 4.17. The number of ether oxygens (including phenoxy) is 1. The van der Waals surface area contributed by atoms with Gasteiger partial charge in [-0.3, -0.25) is 4.79 Å². The third-order valence-corrected chi connectivity index (χ3v) is 4.17. The normalized spacial score (nSPS) is 14.7. The molecule has 0 heterocycles. The lowest BCUT2D eigenvalue weighted by atomic mass is 10.1. The molecule has 0 saturated heterocycles. The van der Waals surface area contributed by atoms with Crippen molar-refractivity contribution < 1.29 is 13.9 Å². The van der Waals surface area contributed by atoms with Crippen molar-refractivity contribution in [3.63, 3.8) is 0 Å². The number of carbonyl (C=O) groups is 1. The summed E-state index contributed by atoms with van der Waals surface area (Å²) >= 11 is 0. The van der Waals surface area contributed by atoms with Crippen LogP contribution in [0.15, 0.2) is 48.5 Å². The number of halogens is 1. The molecule has 1 fully saturated rings. The molecule has 1 N–H and O–H groups in total. The maximum Gasteiger partial charge on any atom is 0.223 e.